The number of anilines is 2. The van der Waals surface area contributed by atoms with Crippen LogP contribution in [0.2, 0.25) is 0 Å². The predicted molar refractivity (Wildman–Crippen MR) is 102 cm³/mol. The largest absolute Gasteiger partial charge is 0.492 e. The number of ether oxygens (including phenoxy) is 1. The number of rotatable bonds is 7. The minimum absolute atomic E-state index is 0.0975. The van der Waals surface area contributed by atoms with Gasteiger partial charge in [0.1, 0.15) is 11.8 Å². The third-order valence-corrected chi connectivity index (χ3v) is 4.33. The van der Waals surface area contributed by atoms with Crippen LogP contribution in [0, 0.1) is 0 Å². The van der Waals surface area contributed by atoms with Gasteiger partial charge in [0, 0.05) is 0 Å². The SMILES string of the molecule is CCOc1ccccc1NC1CC(=O)N(c2cc(C(=O)O)cc(C(=O)O)c2)C1=O. The molecule has 0 aromatic heterocycles. The Morgan fingerprint density at radius 3 is 2.31 bits per heavy atom. The van der Waals surface area contributed by atoms with Gasteiger partial charge in [-0.2, -0.15) is 0 Å². The number of nitrogens with one attached hydrogen (secondary N) is 1. The van der Waals surface area contributed by atoms with E-state index in [2.05, 4.69) is 5.32 Å². The minimum Gasteiger partial charge on any atom is -0.492 e. The number of carbonyl (C=O) groups excluding carboxylic acids is 2. The zero-order chi connectivity index (χ0) is 21.1. The summed E-state index contributed by atoms with van der Waals surface area (Å²) in [6.07, 6.45) is -0.168. The highest BCUT2D eigenvalue weighted by Gasteiger charge is 2.40. The molecule has 0 bridgehead atoms. The number of carbonyl (C=O) groups is 4. The molecule has 29 heavy (non-hydrogen) atoms. The summed E-state index contributed by atoms with van der Waals surface area (Å²) in [4.78, 5) is 48.8. The molecule has 150 valence electrons. The van der Waals surface area contributed by atoms with Gasteiger partial charge >= 0.3 is 11.9 Å². The van der Waals surface area contributed by atoms with Gasteiger partial charge < -0.3 is 20.3 Å². The molecule has 1 unspecified atom stereocenters. The van der Waals surface area contributed by atoms with Gasteiger partial charge in [-0.15, -0.1) is 0 Å². The maximum Gasteiger partial charge on any atom is 0.335 e. The van der Waals surface area contributed by atoms with Crippen molar-refractivity contribution in [3.63, 3.8) is 0 Å². The van der Waals surface area contributed by atoms with E-state index in [1.165, 1.54) is 0 Å². The number of amides is 2. The van der Waals surface area contributed by atoms with Crippen molar-refractivity contribution >= 4 is 35.1 Å². The van der Waals surface area contributed by atoms with E-state index >= 15 is 0 Å². The first-order valence-corrected chi connectivity index (χ1v) is 8.78. The molecule has 9 nitrogen and oxygen atoms in total. The summed E-state index contributed by atoms with van der Waals surface area (Å²) in [5.74, 6) is -3.39. The predicted octanol–water partition coefficient (Wildman–Crippen LogP) is 2.23. The lowest BCUT2D eigenvalue weighted by Crippen LogP contribution is -2.35. The van der Waals surface area contributed by atoms with Crippen molar-refractivity contribution in [3.05, 3.63) is 53.6 Å². The van der Waals surface area contributed by atoms with Crippen molar-refractivity contribution in [1.82, 2.24) is 0 Å². The van der Waals surface area contributed by atoms with Gasteiger partial charge in [0.25, 0.3) is 5.91 Å². The zero-order valence-corrected chi connectivity index (χ0v) is 15.4. The Morgan fingerprint density at radius 1 is 1.10 bits per heavy atom. The van der Waals surface area contributed by atoms with Crippen LogP contribution in [0.5, 0.6) is 5.75 Å². The molecule has 0 spiro atoms. The fourth-order valence-corrected chi connectivity index (χ4v) is 3.06. The summed E-state index contributed by atoms with van der Waals surface area (Å²) >= 11 is 0. The third-order valence-electron chi connectivity index (χ3n) is 4.33. The van der Waals surface area contributed by atoms with Gasteiger partial charge in [0.05, 0.1) is 35.5 Å². The lowest BCUT2D eigenvalue weighted by molar-refractivity contribution is -0.121. The van der Waals surface area contributed by atoms with Gasteiger partial charge in [0.15, 0.2) is 0 Å². The molecule has 9 heteroatoms. The number of para-hydroxylation sites is 2. The van der Waals surface area contributed by atoms with Crippen LogP contribution in [-0.4, -0.2) is 46.6 Å². The van der Waals surface area contributed by atoms with Crippen LogP contribution in [-0.2, 0) is 9.59 Å². The maximum atomic E-state index is 12.9. The fourth-order valence-electron chi connectivity index (χ4n) is 3.06. The summed E-state index contributed by atoms with van der Waals surface area (Å²) in [7, 11) is 0. The zero-order valence-electron chi connectivity index (χ0n) is 15.4. The van der Waals surface area contributed by atoms with E-state index in [0.29, 0.717) is 18.0 Å². The number of hydrogen-bond acceptors (Lipinski definition) is 6. The van der Waals surface area contributed by atoms with Crippen LogP contribution in [0.25, 0.3) is 0 Å². The Morgan fingerprint density at radius 2 is 1.72 bits per heavy atom. The van der Waals surface area contributed by atoms with Crippen molar-refractivity contribution in [1.29, 1.82) is 0 Å². The van der Waals surface area contributed by atoms with Crippen LogP contribution >= 0.6 is 0 Å². The molecule has 3 rings (SSSR count). The molecule has 2 aromatic rings. The molecule has 1 aliphatic heterocycles. The topological polar surface area (TPSA) is 133 Å². The molecule has 2 aromatic carbocycles. The lowest BCUT2D eigenvalue weighted by Gasteiger charge is -2.18. The van der Waals surface area contributed by atoms with Gasteiger partial charge in [0.2, 0.25) is 5.91 Å². The molecule has 1 saturated heterocycles. The molecule has 2 amide bonds. The van der Waals surface area contributed by atoms with E-state index in [0.717, 1.165) is 23.1 Å². The van der Waals surface area contributed by atoms with Gasteiger partial charge in [-0.3, -0.25) is 9.59 Å². The van der Waals surface area contributed by atoms with Crippen molar-refractivity contribution in [2.24, 2.45) is 0 Å². The monoisotopic (exact) mass is 398 g/mol. The summed E-state index contributed by atoms with van der Waals surface area (Å²) < 4.78 is 5.50. The van der Waals surface area contributed by atoms with Crippen LogP contribution in [0.15, 0.2) is 42.5 Å². The van der Waals surface area contributed by atoms with E-state index in [-0.39, 0.29) is 23.2 Å². The molecule has 1 atom stereocenters. The molecule has 0 radical (unpaired) electrons. The second-order valence-electron chi connectivity index (χ2n) is 6.28. The highest BCUT2D eigenvalue weighted by Crippen LogP contribution is 2.30. The summed E-state index contributed by atoms with van der Waals surface area (Å²) in [5.41, 5.74) is -0.232. The lowest BCUT2D eigenvalue weighted by atomic mass is 10.1. The van der Waals surface area contributed by atoms with Crippen LogP contribution in [0.4, 0.5) is 11.4 Å². The Hall–Kier alpha value is -3.88. The third kappa shape index (κ3) is 4.03. The van der Waals surface area contributed by atoms with Crippen molar-refractivity contribution in [2.45, 2.75) is 19.4 Å². The Balaban J connectivity index is 1.92. The smallest absolute Gasteiger partial charge is 0.335 e. The van der Waals surface area contributed by atoms with Crippen molar-refractivity contribution in [2.75, 3.05) is 16.8 Å². The maximum absolute atomic E-state index is 12.9. The Bertz CT molecular complexity index is 970. The molecular weight excluding hydrogens is 380 g/mol. The Labute approximate surface area is 165 Å². The number of nitrogens with zero attached hydrogens (tertiary/aromatic N) is 1. The molecule has 0 aliphatic carbocycles. The van der Waals surface area contributed by atoms with E-state index in [1.54, 1.807) is 24.3 Å². The molecule has 1 fully saturated rings. The first-order chi connectivity index (χ1) is 13.8. The average molecular weight is 398 g/mol. The van der Waals surface area contributed by atoms with E-state index in [4.69, 9.17) is 4.74 Å². The quantitative estimate of drug-likeness (QED) is 0.605. The second-order valence-corrected chi connectivity index (χ2v) is 6.28. The van der Waals surface area contributed by atoms with Gasteiger partial charge in [-0.1, -0.05) is 12.1 Å². The highest BCUT2D eigenvalue weighted by molar-refractivity contribution is 6.23. The number of aromatic carboxylic acids is 2. The molecule has 0 saturated carbocycles. The number of carboxylic acid groups (broad SMARTS) is 2. The summed E-state index contributed by atoms with van der Waals surface area (Å²) in [6, 6.07) is 9.22. The normalized spacial score (nSPS) is 16.0. The van der Waals surface area contributed by atoms with Crippen LogP contribution < -0.4 is 15.0 Å². The number of imide groups is 1. The van der Waals surface area contributed by atoms with E-state index < -0.39 is 29.8 Å². The van der Waals surface area contributed by atoms with Crippen LogP contribution in [0.1, 0.15) is 34.1 Å². The number of carboxylic acids is 2. The van der Waals surface area contributed by atoms with Crippen molar-refractivity contribution < 1.29 is 34.1 Å². The number of hydrogen-bond donors (Lipinski definition) is 3. The van der Waals surface area contributed by atoms with Crippen LogP contribution in [0.3, 0.4) is 0 Å². The Kier molecular flexibility index (Phi) is 5.49. The molecule has 1 heterocycles. The van der Waals surface area contributed by atoms with Gasteiger partial charge in [-0.05, 0) is 37.3 Å². The standard InChI is InChI=1S/C20H18N2O7/c1-2-29-16-6-4-3-5-14(16)21-15-10-17(23)22(18(15)24)13-8-11(19(25)26)7-12(9-13)20(27)28/h3-9,15,21H,2,10H2,1H3,(H,25,26)(H,27,28). The fraction of sp³-hybridized carbons (Fsp3) is 0.200. The summed E-state index contributed by atoms with van der Waals surface area (Å²) in [6.45, 7) is 2.24. The second kappa shape index (κ2) is 8.01. The highest BCUT2D eigenvalue weighted by atomic mass is 16.5. The molecular formula is C20H18N2O7. The van der Waals surface area contributed by atoms with E-state index in [1.807, 2.05) is 6.92 Å². The molecule has 3 N–H and O–H groups in total. The average Bonchev–Trinajstić information content (AvgIpc) is 2.96. The van der Waals surface area contributed by atoms with E-state index in [9.17, 15) is 29.4 Å². The van der Waals surface area contributed by atoms with Crippen molar-refractivity contribution in [3.8, 4) is 5.75 Å². The first kappa shape index (κ1) is 19.9. The van der Waals surface area contributed by atoms with Gasteiger partial charge in [-0.25, -0.2) is 14.5 Å². The summed E-state index contributed by atoms with van der Waals surface area (Å²) in [5, 5.41) is 21.4. The number of benzene rings is 2. The minimum atomic E-state index is -1.37. The molecule has 1 aliphatic rings. The first-order valence-electron chi connectivity index (χ1n) is 8.78.